The van der Waals surface area contributed by atoms with Gasteiger partial charge in [0.2, 0.25) is 11.8 Å². The van der Waals surface area contributed by atoms with E-state index in [9.17, 15) is 9.59 Å². The highest BCUT2D eigenvalue weighted by Crippen LogP contribution is 2.36. The topological polar surface area (TPSA) is 58.6 Å². The van der Waals surface area contributed by atoms with Gasteiger partial charge >= 0.3 is 0 Å². The molecule has 2 fully saturated rings. The summed E-state index contributed by atoms with van der Waals surface area (Å²) < 4.78 is 5.16. The number of hydrogen-bond acceptors (Lipinski definition) is 3. The Labute approximate surface area is 130 Å². The van der Waals surface area contributed by atoms with Gasteiger partial charge in [0.1, 0.15) is 11.3 Å². The molecule has 1 saturated heterocycles. The number of nitrogens with zero attached hydrogens (tertiary/aromatic N) is 1. The molecule has 5 nitrogen and oxygen atoms in total. The summed E-state index contributed by atoms with van der Waals surface area (Å²) in [6, 6.07) is 7.68. The van der Waals surface area contributed by atoms with E-state index in [0.29, 0.717) is 6.54 Å². The van der Waals surface area contributed by atoms with Crippen LogP contribution in [0.1, 0.15) is 37.7 Å². The van der Waals surface area contributed by atoms with Gasteiger partial charge in [-0.15, -0.1) is 0 Å². The first-order chi connectivity index (χ1) is 10.7. The van der Waals surface area contributed by atoms with E-state index in [1.54, 1.807) is 12.0 Å². The van der Waals surface area contributed by atoms with Crippen molar-refractivity contribution in [2.45, 2.75) is 44.2 Å². The van der Waals surface area contributed by atoms with Gasteiger partial charge in [-0.05, 0) is 30.5 Å². The van der Waals surface area contributed by atoms with Gasteiger partial charge in [0.15, 0.2) is 0 Å². The SMILES string of the molecule is COc1ccc(CN2C(=O)CNC(=O)C23CCCCC3)cc1. The minimum Gasteiger partial charge on any atom is -0.497 e. The zero-order valence-corrected chi connectivity index (χ0v) is 12.9. The number of amides is 2. The molecule has 118 valence electrons. The van der Waals surface area contributed by atoms with E-state index in [4.69, 9.17) is 4.74 Å². The van der Waals surface area contributed by atoms with Gasteiger partial charge in [-0.25, -0.2) is 0 Å². The number of hydrogen-bond donors (Lipinski definition) is 1. The van der Waals surface area contributed by atoms with Crippen LogP contribution in [-0.2, 0) is 16.1 Å². The Hall–Kier alpha value is -2.04. The quantitative estimate of drug-likeness (QED) is 0.927. The maximum atomic E-state index is 12.5. The maximum Gasteiger partial charge on any atom is 0.246 e. The Morgan fingerprint density at radius 1 is 1.14 bits per heavy atom. The molecule has 1 aromatic carbocycles. The molecule has 0 radical (unpaired) electrons. The summed E-state index contributed by atoms with van der Waals surface area (Å²) in [5.74, 6) is 0.816. The van der Waals surface area contributed by atoms with Crippen LogP contribution in [0.5, 0.6) is 5.75 Å². The molecular weight excluding hydrogens is 280 g/mol. The minimum absolute atomic E-state index is 0.0114. The molecule has 1 aliphatic carbocycles. The fourth-order valence-corrected chi connectivity index (χ4v) is 3.56. The number of benzene rings is 1. The van der Waals surface area contributed by atoms with Gasteiger partial charge in [0.05, 0.1) is 13.7 Å². The average Bonchev–Trinajstić information content (AvgIpc) is 2.57. The third kappa shape index (κ3) is 2.56. The summed E-state index contributed by atoms with van der Waals surface area (Å²) in [7, 11) is 1.63. The van der Waals surface area contributed by atoms with Crippen LogP contribution in [0, 0.1) is 0 Å². The molecule has 1 aromatic rings. The van der Waals surface area contributed by atoms with Gasteiger partial charge in [0.25, 0.3) is 0 Å². The van der Waals surface area contributed by atoms with Gasteiger partial charge in [0, 0.05) is 6.54 Å². The predicted octanol–water partition coefficient (Wildman–Crippen LogP) is 1.86. The van der Waals surface area contributed by atoms with Crippen LogP contribution < -0.4 is 10.1 Å². The zero-order chi connectivity index (χ0) is 15.6. The molecule has 0 bridgehead atoms. The number of piperazine rings is 1. The molecule has 2 amide bonds. The van der Waals surface area contributed by atoms with Crippen LogP contribution in [0.15, 0.2) is 24.3 Å². The lowest BCUT2D eigenvalue weighted by Crippen LogP contribution is -2.67. The molecule has 3 rings (SSSR count). The minimum atomic E-state index is -0.645. The smallest absolute Gasteiger partial charge is 0.246 e. The van der Waals surface area contributed by atoms with Crippen molar-refractivity contribution in [1.29, 1.82) is 0 Å². The Balaban J connectivity index is 1.86. The number of ether oxygens (including phenoxy) is 1. The lowest BCUT2D eigenvalue weighted by atomic mass is 9.78. The molecule has 1 spiro atoms. The monoisotopic (exact) mass is 302 g/mol. The number of nitrogens with one attached hydrogen (secondary N) is 1. The van der Waals surface area contributed by atoms with Crippen LogP contribution in [0.2, 0.25) is 0 Å². The molecule has 0 unspecified atom stereocenters. The van der Waals surface area contributed by atoms with Gasteiger partial charge in [-0.1, -0.05) is 31.4 Å². The highest BCUT2D eigenvalue weighted by molar-refractivity contribution is 5.98. The van der Waals surface area contributed by atoms with Crippen molar-refractivity contribution in [2.24, 2.45) is 0 Å². The summed E-state index contributed by atoms with van der Waals surface area (Å²) in [6.45, 7) is 0.590. The number of methoxy groups -OCH3 is 1. The first kappa shape index (κ1) is 14.9. The Bertz CT molecular complexity index is 562. The fraction of sp³-hybridized carbons (Fsp3) is 0.529. The molecule has 0 aromatic heterocycles. The lowest BCUT2D eigenvalue weighted by Gasteiger charge is -2.48. The number of rotatable bonds is 3. The van der Waals surface area contributed by atoms with E-state index >= 15 is 0 Å². The second-order valence-corrected chi connectivity index (χ2v) is 6.10. The van der Waals surface area contributed by atoms with E-state index in [-0.39, 0.29) is 18.4 Å². The highest BCUT2D eigenvalue weighted by atomic mass is 16.5. The average molecular weight is 302 g/mol. The molecule has 1 heterocycles. The molecule has 1 N–H and O–H groups in total. The van der Waals surface area contributed by atoms with Crippen molar-refractivity contribution < 1.29 is 14.3 Å². The van der Waals surface area contributed by atoms with Crippen molar-refractivity contribution in [3.8, 4) is 5.75 Å². The second-order valence-electron chi connectivity index (χ2n) is 6.10. The molecule has 5 heteroatoms. The van der Waals surface area contributed by atoms with E-state index in [1.165, 1.54) is 0 Å². The summed E-state index contributed by atoms with van der Waals surface area (Å²) in [6.07, 6.45) is 4.67. The Morgan fingerprint density at radius 2 is 1.82 bits per heavy atom. The van der Waals surface area contributed by atoms with Crippen LogP contribution in [-0.4, -0.2) is 35.9 Å². The first-order valence-electron chi connectivity index (χ1n) is 7.87. The van der Waals surface area contributed by atoms with Crippen molar-refractivity contribution in [3.63, 3.8) is 0 Å². The lowest BCUT2D eigenvalue weighted by molar-refractivity contribution is -0.157. The van der Waals surface area contributed by atoms with Crippen molar-refractivity contribution in [2.75, 3.05) is 13.7 Å². The van der Waals surface area contributed by atoms with Crippen molar-refractivity contribution >= 4 is 11.8 Å². The standard InChI is InChI=1S/C17H22N2O3/c1-22-14-7-5-13(6-8-14)12-19-15(20)11-18-16(21)17(19)9-3-2-4-10-17/h5-8H,2-4,9-12H2,1H3,(H,18,21). The third-order valence-corrected chi connectivity index (χ3v) is 4.82. The van der Waals surface area contributed by atoms with E-state index in [0.717, 1.165) is 43.4 Å². The van der Waals surface area contributed by atoms with Gasteiger partial charge in [-0.3, -0.25) is 9.59 Å². The summed E-state index contributed by atoms with van der Waals surface area (Å²) in [5.41, 5.74) is 0.377. The Morgan fingerprint density at radius 3 is 2.45 bits per heavy atom. The van der Waals surface area contributed by atoms with Crippen LogP contribution in [0.4, 0.5) is 0 Å². The largest absolute Gasteiger partial charge is 0.497 e. The third-order valence-electron chi connectivity index (χ3n) is 4.82. The maximum absolute atomic E-state index is 12.5. The summed E-state index contributed by atoms with van der Waals surface area (Å²) >= 11 is 0. The van der Waals surface area contributed by atoms with Gasteiger partial charge < -0.3 is 15.0 Å². The van der Waals surface area contributed by atoms with Crippen LogP contribution in [0.25, 0.3) is 0 Å². The zero-order valence-electron chi connectivity index (χ0n) is 12.9. The van der Waals surface area contributed by atoms with Crippen molar-refractivity contribution in [3.05, 3.63) is 29.8 Å². The molecular formula is C17H22N2O3. The number of carbonyl (C=O) groups excluding carboxylic acids is 2. The number of carbonyl (C=O) groups is 2. The molecule has 22 heavy (non-hydrogen) atoms. The molecule has 2 aliphatic rings. The fourth-order valence-electron chi connectivity index (χ4n) is 3.56. The normalized spacial score (nSPS) is 20.9. The van der Waals surface area contributed by atoms with Crippen LogP contribution >= 0.6 is 0 Å². The van der Waals surface area contributed by atoms with E-state index in [1.807, 2.05) is 24.3 Å². The molecule has 1 aliphatic heterocycles. The van der Waals surface area contributed by atoms with Gasteiger partial charge in [-0.2, -0.15) is 0 Å². The first-order valence-corrected chi connectivity index (χ1v) is 7.87. The van der Waals surface area contributed by atoms with E-state index in [2.05, 4.69) is 5.32 Å². The van der Waals surface area contributed by atoms with E-state index < -0.39 is 5.54 Å². The predicted molar refractivity (Wildman–Crippen MR) is 82.4 cm³/mol. The molecule has 1 saturated carbocycles. The summed E-state index contributed by atoms with van der Waals surface area (Å²) in [5, 5.41) is 2.78. The second kappa shape index (κ2) is 5.99. The highest BCUT2D eigenvalue weighted by Gasteiger charge is 2.49. The van der Waals surface area contributed by atoms with Crippen molar-refractivity contribution in [1.82, 2.24) is 10.2 Å². The van der Waals surface area contributed by atoms with Crippen LogP contribution in [0.3, 0.4) is 0 Å². The molecule has 0 atom stereocenters. The summed E-state index contributed by atoms with van der Waals surface area (Å²) in [4.78, 5) is 26.7. The Kier molecular flexibility index (Phi) is 4.05.